The highest BCUT2D eigenvalue weighted by atomic mass is 35.5. The maximum absolute atomic E-state index is 12.9. The van der Waals surface area contributed by atoms with Gasteiger partial charge in [-0.2, -0.15) is 0 Å². The van der Waals surface area contributed by atoms with Gasteiger partial charge in [0.15, 0.2) is 0 Å². The van der Waals surface area contributed by atoms with Crippen LogP contribution in [0.3, 0.4) is 0 Å². The zero-order chi connectivity index (χ0) is 10.7. The predicted molar refractivity (Wildman–Crippen MR) is 68.1 cm³/mol. The minimum Gasteiger partial charge on any atom is -0.328 e. The van der Waals surface area contributed by atoms with Crippen LogP contribution in [0.1, 0.15) is 31.2 Å². The lowest BCUT2D eigenvalue weighted by Gasteiger charge is -2.20. The fourth-order valence-electron chi connectivity index (χ4n) is 1.99. The summed E-state index contributed by atoms with van der Waals surface area (Å²) in [6.07, 6.45) is 6.31. The third kappa shape index (κ3) is 3.62. The third-order valence-electron chi connectivity index (χ3n) is 2.89. The summed E-state index contributed by atoms with van der Waals surface area (Å²) < 4.78 is 12.9. The number of hydrogen-bond donors (Lipinski definition) is 1. The number of benzene rings is 1. The lowest BCUT2D eigenvalue weighted by atomic mass is 9.90. The van der Waals surface area contributed by atoms with Gasteiger partial charge in [0.1, 0.15) is 5.82 Å². The average Bonchev–Trinajstić information content (AvgIpc) is 2.22. The smallest absolute Gasteiger partial charge is 0.123 e. The first kappa shape index (κ1) is 13.2. The predicted octanol–water partition coefficient (Wildman–Crippen LogP) is 3.53. The van der Waals surface area contributed by atoms with Crippen LogP contribution in [0.2, 0.25) is 0 Å². The van der Waals surface area contributed by atoms with Crippen molar-refractivity contribution in [3.05, 3.63) is 41.2 Å². The molecule has 1 nitrogen and oxygen atoms in total. The lowest BCUT2D eigenvalue weighted by molar-refractivity contribution is 0.514. The van der Waals surface area contributed by atoms with Crippen LogP contribution in [0.15, 0.2) is 29.8 Å². The summed E-state index contributed by atoms with van der Waals surface area (Å²) in [6.45, 7) is 0. The summed E-state index contributed by atoms with van der Waals surface area (Å²) in [5.74, 6) is -0.170. The molecule has 0 saturated heterocycles. The van der Waals surface area contributed by atoms with Crippen LogP contribution in [0, 0.1) is 5.82 Å². The van der Waals surface area contributed by atoms with Gasteiger partial charge in [0.2, 0.25) is 0 Å². The first-order chi connectivity index (χ1) is 7.24. The molecule has 0 bridgehead atoms. The maximum Gasteiger partial charge on any atom is 0.123 e. The lowest BCUT2D eigenvalue weighted by Crippen LogP contribution is -2.23. The number of halogens is 2. The molecule has 0 heterocycles. The second-order valence-electron chi connectivity index (χ2n) is 4.20. The van der Waals surface area contributed by atoms with Gasteiger partial charge in [0, 0.05) is 6.04 Å². The van der Waals surface area contributed by atoms with Gasteiger partial charge < -0.3 is 5.73 Å². The zero-order valence-corrected chi connectivity index (χ0v) is 9.97. The van der Waals surface area contributed by atoms with Crippen molar-refractivity contribution in [3.8, 4) is 0 Å². The molecule has 2 N–H and O–H groups in total. The molecule has 3 heteroatoms. The fraction of sp³-hybridized carbons (Fsp3) is 0.385. The van der Waals surface area contributed by atoms with Crippen molar-refractivity contribution in [1.82, 2.24) is 0 Å². The highest BCUT2D eigenvalue weighted by molar-refractivity contribution is 5.85. The number of hydrogen-bond acceptors (Lipinski definition) is 1. The molecule has 2 rings (SSSR count). The van der Waals surface area contributed by atoms with Crippen molar-refractivity contribution in [2.45, 2.75) is 31.7 Å². The Balaban J connectivity index is 0.00000128. The summed E-state index contributed by atoms with van der Waals surface area (Å²) >= 11 is 0. The molecule has 1 aliphatic carbocycles. The van der Waals surface area contributed by atoms with Crippen molar-refractivity contribution in [2.75, 3.05) is 0 Å². The van der Waals surface area contributed by atoms with Gasteiger partial charge >= 0.3 is 0 Å². The van der Waals surface area contributed by atoms with Gasteiger partial charge in [-0.05, 0) is 43.4 Å². The minimum absolute atomic E-state index is 0. The van der Waals surface area contributed by atoms with E-state index in [2.05, 4.69) is 6.08 Å². The molecule has 0 aliphatic heterocycles. The minimum atomic E-state index is -0.170. The SMILES string of the molecule is Cl.NC1CCC(=Cc2cccc(F)c2)CC1. The van der Waals surface area contributed by atoms with E-state index in [0.29, 0.717) is 6.04 Å². The van der Waals surface area contributed by atoms with E-state index in [0.717, 1.165) is 31.2 Å². The Kier molecular flexibility index (Phi) is 4.97. The van der Waals surface area contributed by atoms with Gasteiger partial charge in [-0.3, -0.25) is 0 Å². The van der Waals surface area contributed by atoms with Crippen LogP contribution in [0.25, 0.3) is 6.08 Å². The van der Waals surface area contributed by atoms with Gasteiger partial charge in [-0.15, -0.1) is 12.4 Å². The molecule has 1 fully saturated rings. The van der Waals surface area contributed by atoms with Gasteiger partial charge in [-0.25, -0.2) is 4.39 Å². The standard InChI is InChI=1S/C13H16FN.ClH/c14-12-3-1-2-11(9-12)8-10-4-6-13(15)7-5-10;/h1-3,8-9,13H,4-7,15H2;1H. The van der Waals surface area contributed by atoms with Crippen LogP contribution in [0.4, 0.5) is 4.39 Å². The highest BCUT2D eigenvalue weighted by Gasteiger charge is 2.12. The molecule has 16 heavy (non-hydrogen) atoms. The van der Waals surface area contributed by atoms with Crippen LogP contribution in [-0.4, -0.2) is 6.04 Å². The molecule has 0 amide bonds. The van der Waals surface area contributed by atoms with E-state index in [1.165, 1.54) is 11.6 Å². The first-order valence-corrected chi connectivity index (χ1v) is 5.44. The molecule has 0 radical (unpaired) electrons. The van der Waals surface area contributed by atoms with E-state index in [-0.39, 0.29) is 18.2 Å². The summed E-state index contributed by atoms with van der Waals surface area (Å²) in [5.41, 5.74) is 8.18. The van der Waals surface area contributed by atoms with E-state index >= 15 is 0 Å². The largest absolute Gasteiger partial charge is 0.328 e. The maximum atomic E-state index is 12.9. The van der Waals surface area contributed by atoms with Crippen LogP contribution in [0.5, 0.6) is 0 Å². The molecule has 0 aromatic heterocycles. The molecular formula is C13H17ClFN. The van der Waals surface area contributed by atoms with Crippen LogP contribution < -0.4 is 5.73 Å². The van der Waals surface area contributed by atoms with Crippen molar-refractivity contribution < 1.29 is 4.39 Å². The Morgan fingerprint density at radius 1 is 1.25 bits per heavy atom. The second kappa shape index (κ2) is 6.02. The first-order valence-electron chi connectivity index (χ1n) is 5.44. The second-order valence-corrected chi connectivity index (χ2v) is 4.20. The molecule has 1 saturated carbocycles. The molecular weight excluding hydrogens is 225 g/mol. The van der Waals surface area contributed by atoms with Crippen molar-refractivity contribution in [2.24, 2.45) is 5.73 Å². The van der Waals surface area contributed by atoms with Gasteiger partial charge in [0.05, 0.1) is 0 Å². The summed E-state index contributed by atoms with van der Waals surface area (Å²) in [5, 5.41) is 0. The van der Waals surface area contributed by atoms with Crippen molar-refractivity contribution in [1.29, 1.82) is 0 Å². The normalized spacial score (nSPS) is 20.1. The Hall–Kier alpha value is -0.860. The Labute approximate surface area is 102 Å². The molecule has 1 aromatic rings. The third-order valence-corrected chi connectivity index (χ3v) is 2.89. The van der Waals surface area contributed by atoms with Crippen molar-refractivity contribution in [3.63, 3.8) is 0 Å². The van der Waals surface area contributed by atoms with E-state index in [1.54, 1.807) is 12.1 Å². The average molecular weight is 242 g/mol. The Morgan fingerprint density at radius 2 is 1.94 bits per heavy atom. The molecule has 1 aromatic carbocycles. The molecule has 88 valence electrons. The van der Waals surface area contributed by atoms with E-state index in [1.807, 2.05) is 6.07 Å². The van der Waals surface area contributed by atoms with Crippen molar-refractivity contribution >= 4 is 18.5 Å². The van der Waals surface area contributed by atoms with Gasteiger partial charge in [-0.1, -0.05) is 23.8 Å². The summed E-state index contributed by atoms with van der Waals surface area (Å²) in [6, 6.07) is 7.08. The molecule has 1 aliphatic rings. The van der Waals surface area contributed by atoms with Crippen LogP contribution in [-0.2, 0) is 0 Å². The van der Waals surface area contributed by atoms with E-state index < -0.39 is 0 Å². The number of allylic oxidation sites excluding steroid dienone is 1. The molecule has 0 atom stereocenters. The Bertz CT molecular complexity index is 366. The molecule has 0 spiro atoms. The molecule has 0 unspecified atom stereocenters. The Morgan fingerprint density at radius 3 is 2.56 bits per heavy atom. The van der Waals surface area contributed by atoms with E-state index in [4.69, 9.17) is 5.73 Å². The fourth-order valence-corrected chi connectivity index (χ4v) is 1.99. The summed E-state index contributed by atoms with van der Waals surface area (Å²) in [7, 11) is 0. The van der Waals surface area contributed by atoms with Gasteiger partial charge in [0.25, 0.3) is 0 Å². The topological polar surface area (TPSA) is 26.0 Å². The highest BCUT2D eigenvalue weighted by Crippen LogP contribution is 2.24. The zero-order valence-electron chi connectivity index (χ0n) is 9.16. The van der Waals surface area contributed by atoms with E-state index in [9.17, 15) is 4.39 Å². The summed E-state index contributed by atoms with van der Waals surface area (Å²) in [4.78, 5) is 0. The number of rotatable bonds is 1. The monoisotopic (exact) mass is 241 g/mol. The van der Waals surface area contributed by atoms with Crippen LogP contribution >= 0.6 is 12.4 Å². The number of nitrogens with two attached hydrogens (primary N) is 1. The quantitative estimate of drug-likeness (QED) is 0.800.